The molecule has 1 heterocycles. The average Bonchev–Trinajstić information content (AvgIpc) is 2.50. The van der Waals surface area contributed by atoms with Gasteiger partial charge in [0.25, 0.3) is 5.91 Å². The molecular formula is C16H29NO2. The van der Waals surface area contributed by atoms with Gasteiger partial charge in [-0.25, -0.2) is 0 Å². The summed E-state index contributed by atoms with van der Waals surface area (Å²) >= 11 is 0. The highest BCUT2D eigenvalue weighted by atomic mass is 16.5. The van der Waals surface area contributed by atoms with Crippen molar-refractivity contribution in [2.45, 2.75) is 60.9 Å². The Kier molecular flexibility index (Phi) is 4.70. The summed E-state index contributed by atoms with van der Waals surface area (Å²) in [6.07, 6.45) is 2.67. The van der Waals surface area contributed by atoms with E-state index in [0.717, 1.165) is 18.7 Å². The molecule has 0 saturated heterocycles. The molecule has 0 aliphatic carbocycles. The fraction of sp³-hybridized carbons (Fsp3) is 0.812. The Morgan fingerprint density at radius 3 is 2.21 bits per heavy atom. The number of carbonyl (C=O) groups excluding carboxylic acids is 1. The van der Waals surface area contributed by atoms with Crippen LogP contribution < -0.4 is 0 Å². The second kappa shape index (κ2) is 5.56. The zero-order valence-electron chi connectivity index (χ0n) is 13.5. The Morgan fingerprint density at radius 1 is 1.21 bits per heavy atom. The van der Waals surface area contributed by atoms with E-state index in [2.05, 4.69) is 41.5 Å². The van der Waals surface area contributed by atoms with Crippen LogP contribution in [-0.2, 0) is 9.53 Å². The number of amides is 1. The Balaban J connectivity index is 2.88. The molecule has 110 valence electrons. The Morgan fingerprint density at radius 2 is 1.79 bits per heavy atom. The summed E-state index contributed by atoms with van der Waals surface area (Å²) < 4.78 is 5.67. The summed E-state index contributed by atoms with van der Waals surface area (Å²) in [7, 11) is 0. The van der Waals surface area contributed by atoms with E-state index in [1.165, 1.54) is 0 Å². The quantitative estimate of drug-likeness (QED) is 0.779. The molecule has 19 heavy (non-hydrogen) atoms. The van der Waals surface area contributed by atoms with Gasteiger partial charge in [-0.15, -0.1) is 0 Å². The van der Waals surface area contributed by atoms with E-state index in [-0.39, 0.29) is 22.8 Å². The monoisotopic (exact) mass is 267 g/mol. The van der Waals surface area contributed by atoms with Gasteiger partial charge in [-0.05, 0) is 24.2 Å². The number of carbonyl (C=O) groups is 1. The smallest absolute Gasteiger partial charge is 0.250 e. The molecule has 0 N–H and O–H groups in total. The summed E-state index contributed by atoms with van der Waals surface area (Å²) in [6, 6.07) is 0.0577. The minimum atomic E-state index is -0.00888. The molecule has 1 unspecified atom stereocenters. The molecule has 0 aromatic carbocycles. The molecule has 0 bridgehead atoms. The highest BCUT2D eigenvalue weighted by Gasteiger charge is 2.41. The standard InChI is InChI=1S/C16H29NO2/c1-8-19-12-11-13(18)17(10-9-15(2,3)4)14(12)16(5,6)7/h11,14H,8-10H2,1-7H3. The van der Waals surface area contributed by atoms with Gasteiger partial charge >= 0.3 is 0 Å². The maximum Gasteiger partial charge on any atom is 0.250 e. The van der Waals surface area contributed by atoms with E-state index in [4.69, 9.17) is 4.74 Å². The van der Waals surface area contributed by atoms with Crippen LogP contribution in [0.1, 0.15) is 54.9 Å². The van der Waals surface area contributed by atoms with Crippen LogP contribution >= 0.6 is 0 Å². The summed E-state index contributed by atoms with van der Waals surface area (Å²) in [5.74, 6) is 0.918. The lowest BCUT2D eigenvalue weighted by Crippen LogP contribution is -2.45. The van der Waals surface area contributed by atoms with Crippen LogP contribution in [0.2, 0.25) is 0 Å². The number of hydrogen-bond acceptors (Lipinski definition) is 2. The van der Waals surface area contributed by atoms with Crippen molar-refractivity contribution in [1.29, 1.82) is 0 Å². The molecule has 1 atom stereocenters. The minimum Gasteiger partial charge on any atom is -0.496 e. The second-order valence-electron chi connectivity index (χ2n) is 7.59. The molecule has 3 nitrogen and oxygen atoms in total. The summed E-state index contributed by atoms with van der Waals surface area (Å²) in [5.41, 5.74) is 0.224. The maximum atomic E-state index is 12.2. The Bertz CT molecular complexity index is 358. The van der Waals surface area contributed by atoms with Gasteiger partial charge < -0.3 is 9.64 Å². The third-order valence-electron chi connectivity index (χ3n) is 3.36. The van der Waals surface area contributed by atoms with E-state index in [1.54, 1.807) is 6.08 Å². The molecule has 1 aliphatic rings. The topological polar surface area (TPSA) is 29.5 Å². The van der Waals surface area contributed by atoms with Crippen LogP contribution in [0.25, 0.3) is 0 Å². The minimum absolute atomic E-state index is 0.00888. The molecular weight excluding hydrogens is 238 g/mol. The SMILES string of the molecule is CCOC1=CC(=O)N(CCC(C)(C)C)C1C(C)(C)C. The summed E-state index contributed by atoms with van der Waals surface area (Å²) in [5, 5.41) is 0. The van der Waals surface area contributed by atoms with Gasteiger partial charge in [-0.3, -0.25) is 4.79 Å². The van der Waals surface area contributed by atoms with Crippen LogP contribution in [0.3, 0.4) is 0 Å². The molecule has 0 aromatic rings. The molecule has 3 heteroatoms. The lowest BCUT2D eigenvalue weighted by Gasteiger charge is -2.37. The van der Waals surface area contributed by atoms with Crippen molar-refractivity contribution >= 4 is 5.91 Å². The third-order valence-corrected chi connectivity index (χ3v) is 3.36. The highest BCUT2D eigenvalue weighted by molar-refractivity contribution is 5.91. The Labute approximate surface area is 118 Å². The molecule has 0 aromatic heterocycles. The number of rotatable bonds is 4. The van der Waals surface area contributed by atoms with Gasteiger partial charge in [0, 0.05) is 12.6 Å². The normalized spacial score (nSPS) is 20.8. The van der Waals surface area contributed by atoms with Crippen LogP contribution in [0.15, 0.2) is 11.8 Å². The largest absolute Gasteiger partial charge is 0.496 e. The maximum absolute atomic E-state index is 12.2. The molecule has 1 amide bonds. The molecule has 0 saturated carbocycles. The van der Waals surface area contributed by atoms with E-state index < -0.39 is 0 Å². The first-order chi connectivity index (χ1) is 8.56. The first kappa shape index (κ1) is 16.1. The predicted octanol–water partition coefficient (Wildman–Crippen LogP) is 3.60. The van der Waals surface area contributed by atoms with Crippen molar-refractivity contribution in [3.63, 3.8) is 0 Å². The van der Waals surface area contributed by atoms with Gasteiger partial charge in [0.15, 0.2) is 0 Å². The lowest BCUT2D eigenvalue weighted by atomic mass is 9.84. The molecule has 1 rings (SSSR count). The molecule has 0 radical (unpaired) electrons. The van der Waals surface area contributed by atoms with Gasteiger partial charge in [-0.1, -0.05) is 41.5 Å². The van der Waals surface area contributed by atoms with Crippen molar-refractivity contribution in [1.82, 2.24) is 4.90 Å². The van der Waals surface area contributed by atoms with Crippen LogP contribution in [0.4, 0.5) is 0 Å². The van der Waals surface area contributed by atoms with E-state index in [9.17, 15) is 4.79 Å². The zero-order valence-corrected chi connectivity index (χ0v) is 13.5. The van der Waals surface area contributed by atoms with Gasteiger partial charge in [0.1, 0.15) is 5.76 Å². The van der Waals surface area contributed by atoms with Crippen molar-refractivity contribution in [2.24, 2.45) is 10.8 Å². The van der Waals surface area contributed by atoms with Crippen LogP contribution in [0, 0.1) is 10.8 Å². The number of nitrogens with zero attached hydrogens (tertiary/aromatic N) is 1. The molecule has 0 fully saturated rings. The fourth-order valence-electron chi connectivity index (χ4n) is 2.44. The van der Waals surface area contributed by atoms with Crippen LogP contribution in [-0.4, -0.2) is 30.0 Å². The van der Waals surface area contributed by atoms with Crippen LogP contribution in [0.5, 0.6) is 0 Å². The fourth-order valence-corrected chi connectivity index (χ4v) is 2.44. The van der Waals surface area contributed by atoms with Crippen molar-refractivity contribution < 1.29 is 9.53 Å². The Hall–Kier alpha value is -0.990. The third kappa shape index (κ3) is 4.26. The predicted molar refractivity (Wildman–Crippen MR) is 78.7 cm³/mol. The average molecular weight is 267 g/mol. The molecule has 1 aliphatic heterocycles. The number of hydrogen-bond donors (Lipinski definition) is 0. The van der Waals surface area contributed by atoms with Crippen molar-refractivity contribution in [3.05, 3.63) is 11.8 Å². The van der Waals surface area contributed by atoms with Gasteiger partial charge in [0.2, 0.25) is 0 Å². The lowest BCUT2D eigenvalue weighted by molar-refractivity contribution is -0.128. The van der Waals surface area contributed by atoms with E-state index in [1.807, 2.05) is 11.8 Å². The van der Waals surface area contributed by atoms with Crippen molar-refractivity contribution in [2.75, 3.05) is 13.2 Å². The van der Waals surface area contributed by atoms with E-state index >= 15 is 0 Å². The first-order valence-electron chi connectivity index (χ1n) is 7.21. The zero-order chi connectivity index (χ0) is 14.8. The van der Waals surface area contributed by atoms with Gasteiger partial charge in [-0.2, -0.15) is 0 Å². The number of ether oxygens (including phenoxy) is 1. The second-order valence-corrected chi connectivity index (χ2v) is 7.59. The van der Waals surface area contributed by atoms with E-state index in [0.29, 0.717) is 6.61 Å². The summed E-state index contributed by atoms with van der Waals surface area (Å²) in [4.78, 5) is 14.2. The summed E-state index contributed by atoms with van der Waals surface area (Å²) in [6.45, 7) is 16.5. The van der Waals surface area contributed by atoms with Gasteiger partial charge in [0.05, 0.1) is 12.6 Å². The molecule has 0 spiro atoms. The van der Waals surface area contributed by atoms with Crippen molar-refractivity contribution in [3.8, 4) is 0 Å². The first-order valence-corrected chi connectivity index (χ1v) is 7.21. The highest BCUT2D eigenvalue weighted by Crippen LogP contribution is 2.35.